The molecule has 1 rings (SSSR count). The van der Waals surface area contributed by atoms with Crippen molar-refractivity contribution in [2.45, 2.75) is 0 Å². The lowest BCUT2D eigenvalue weighted by atomic mass is 10.5. The highest BCUT2D eigenvalue weighted by Gasteiger charge is 1.96. The molecule has 1 aliphatic rings. The van der Waals surface area contributed by atoms with Crippen LogP contribution in [-0.2, 0) is 0 Å². The fraction of sp³-hybridized carbons (Fsp3) is 0.400. The maximum absolute atomic E-state index is 8.70. The summed E-state index contributed by atoms with van der Waals surface area (Å²) >= 11 is 0. The molecule has 0 aromatic rings. The van der Waals surface area contributed by atoms with Gasteiger partial charge in [-0.05, 0) is 0 Å². The molecule has 0 saturated heterocycles. The summed E-state index contributed by atoms with van der Waals surface area (Å²) in [6.07, 6.45) is 3.25. The topological polar surface area (TPSA) is 35.8 Å². The first-order valence-corrected chi connectivity index (χ1v) is 2.42. The molecule has 0 spiro atoms. The van der Waals surface area contributed by atoms with E-state index in [2.05, 4.69) is 4.99 Å². The summed E-state index contributed by atoms with van der Waals surface area (Å²) in [5.74, 6) is 0.0822. The van der Waals surface area contributed by atoms with Crippen LogP contribution < -0.4 is 0 Å². The van der Waals surface area contributed by atoms with Gasteiger partial charge in [-0.1, -0.05) is 0 Å². The smallest absolute Gasteiger partial charge is 0.227 e. The highest BCUT2D eigenvalue weighted by atomic mass is 16.3. The Bertz CT molecular complexity index is 139. The van der Waals surface area contributed by atoms with E-state index in [1.165, 1.54) is 0 Å². The molecule has 0 radical (unpaired) electrons. The minimum Gasteiger partial charge on any atom is -0.492 e. The van der Waals surface area contributed by atoms with Crippen molar-refractivity contribution in [2.75, 3.05) is 13.6 Å². The third kappa shape index (κ3) is 0.992. The second kappa shape index (κ2) is 1.86. The van der Waals surface area contributed by atoms with E-state index in [0.717, 1.165) is 6.54 Å². The van der Waals surface area contributed by atoms with Gasteiger partial charge in [0.2, 0.25) is 5.88 Å². The van der Waals surface area contributed by atoms with Crippen molar-refractivity contribution in [1.29, 1.82) is 0 Å². The van der Waals surface area contributed by atoms with E-state index < -0.39 is 0 Å². The number of aliphatic imine (C=N–C) groups is 1. The van der Waals surface area contributed by atoms with Crippen molar-refractivity contribution in [3.63, 3.8) is 0 Å². The Labute approximate surface area is 48.0 Å². The van der Waals surface area contributed by atoms with E-state index >= 15 is 0 Å². The minimum atomic E-state index is 0.0822. The van der Waals surface area contributed by atoms with Gasteiger partial charge in [0.25, 0.3) is 0 Å². The first-order chi connectivity index (χ1) is 3.79. The quantitative estimate of drug-likeness (QED) is 0.491. The van der Waals surface area contributed by atoms with Crippen LogP contribution in [0.3, 0.4) is 0 Å². The Hall–Kier alpha value is -0.990. The average molecular weight is 112 g/mol. The van der Waals surface area contributed by atoms with Gasteiger partial charge in [-0.15, -0.1) is 0 Å². The first-order valence-electron chi connectivity index (χ1n) is 2.42. The molecule has 0 aromatic heterocycles. The molecule has 1 aliphatic heterocycles. The second-order valence-corrected chi connectivity index (χ2v) is 1.74. The van der Waals surface area contributed by atoms with Crippen molar-refractivity contribution < 1.29 is 5.11 Å². The Balaban J connectivity index is 2.63. The fourth-order valence-corrected chi connectivity index (χ4v) is 0.546. The van der Waals surface area contributed by atoms with Crippen molar-refractivity contribution in [2.24, 2.45) is 4.99 Å². The average Bonchev–Trinajstić information content (AvgIpc) is 1.64. The van der Waals surface area contributed by atoms with Gasteiger partial charge in [-0.3, -0.25) is 0 Å². The van der Waals surface area contributed by atoms with Gasteiger partial charge in [0.15, 0.2) is 0 Å². The molecule has 0 atom stereocenters. The molecule has 0 amide bonds. The summed E-state index contributed by atoms with van der Waals surface area (Å²) in [6.45, 7) is 0.782. The maximum Gasteiger partial charge on any atom is 0.227 e. The lowest BCUT2D eigenvalue weighted by Crippen LogP contribution is -2.17. The molecule has 0 unspecified atom stereocenters. The minimum absolute atomic E-state index is 0.0822. The lowest BCUT2D eigenvalue weighted by molar-refractivity contribution is 0.372. The van der Waals surface area contributed by atoms with E-state index in [4.69, 9.17) is 5.11 Å². The van der Waals surface area contributed by atoms with E-state index in [9.17, 15) is 0 Å². The van der Waals surface area contributed by atoms with Gasteiger partial charge in [-0.2, -0.15) is 0 Å². The number of hydrogen-bond donors (Lipinski definition) is 1. The van der Waals surface area contributed by atoms with Crippen molar-refractivity contribution in [1.82, 2.24) is 4.90 Å². The number of aliphatic hydroxyl groups is 1. The predicted molar refractivity (Wildman–Crippen MR) is 31.8 cm³/mol. The van der Waals surface area contributed by atoms with Gasteiger partial charge in [0.1, 0.15) is 0 Å². The van der Waals surface area contributed by atoms with E-state index in [-0.39, 0.29) is 5.88 Å². The molecule has 0 saturated carbocycles. The molecule has 3 nitrogen and oxygen atoms in total. The van der Waals surface area contributed by atoms with Gasteiger partial charge < -0.3 is 10.0 Å². The Morgan fingerprint density at radius 3 is 3.00 bits per heavy atom. The summed E-state index contributed by atoms with van der Waals surface area (Å²) in [6, 6.07) is 0. The third-order valence-electron chi connectivity index (χ3n) is 0.929. The van der Waals surface area contributed by atoms with Crippen LogP contribution >= 0.6 is 0 Å². The molecule has 1 N–H and O–H groups in total. The molecule has 0 aromatic carbocycles. The highest BCUT2D eigenvalue weighted by Crippen LogP contribution is 1.96. The molecule has 0 aliphatic carbocycles. The first kappa shape index (κ1) is 5.15. The second-order valence-electron chi connectivity index (χ2n) is 1.74. The zero-order chi connectivity index (χ0) is 5.98. The summed E-state index contributed by atoms with van der Waals surface area (Å²) in [5.41, 5.74) is 0. The largest absolute Gasteiger partial charge is 0.492 e. The van der Waals surface area contributed by atoms with Crippen molar-refractivity contribution >= 4 is 6.21 Å². The molecular weight excluding hydrogens is 104 g/mol. The number of hydrogen-bond acceptors (Lipinski definition) is 3. The Morgan fingerprint density at radius 1 is 1.88 bits per heavy atom. The molecule has 8 heavy (non-hydrogen) atoms. The normalized spacial score (nSPS) is 18.6. The highest BCUT2D eigenvalue weighted by molar-refractivity contribution is 5.62. The number of aliphatic hydroxyl groups excluding tert-OH is 1. The van der Waals surface area contributed by atoms with Crippen LogP contribution in [-0.4, -0.2) is 29.8 Å². The molecular formula is C5H8N2O. The Kier molecular flexibility index (Phi) is 1.20. The molecule has 3 heteroatoms. The Morgan fingerprint density at radius 2 is 2.62 bits per heavy atom. The third-order valence-corrected chi connectivity index (χ3v) is 0.929. The van der Waals surface area contributed by atoms with Crippen LogP contribution in [0.25, 0.3) is 0 Å². The van der Waals surface area contributed by atoms with Crippen LogP contribution in [0.4, 0.5) is 0 Å². The number of rotatable bonds is 0. The lowest BCUT2D eigenvalue weighted by Gasteiger charge is -2.12. The van der Waals surface area contributed by atoms with Gasteiger partial charge in [-0.25, -0.2) is 4.99 Å². The maximum atomic E-state index is 8.70. The molecule has 0 fully saturated rings. The van der Waals surface area contributed by atoms with Crippen LogP contribution in [0.2, 0.25) is 0 Å². The van der Waals surface area contributed by atoms with E-state index in [1.54, 1.807) is 12.4 Å². The number of nitrogens with zero attached hydrogens (tertiary/aromatic N) is 2. The van der Waals surface area contributed by atoms with Crippen LogP contribution in [0.1, 0.15) is 0 Å². The standard InChI is InChI=1S/C5H8N2O/c1-7-3-2-6-5(8)4-7/h2,4,8H,3H2,1H3. The van der Waals surface area contributed by atoms with E-state index in [0.29, 0.717) is 0 Å². The van der Waals surface area contributed by atoms with Gasteiger partial charge >= 0.3 is 0 Å². The van der Waals surface area contributed by atoms with Crippen LogP contribution in [0.15, 0.2) is 17.1 Å². The monoisotopic (exact) mass is 112 g/mol. The zero-order valence-electron chi connectivity index (χ0n) is 4.70. The summed E-state index contributed by atoms with van der Waals surface area (Å²) < 4.78 is 0. The SMILES string of the molecule is CN1C=C(O)N=CC1. The molecule has 0 bridgehead atoms. The van der Waals surface area contributed by atoms with Crippen molar-refractivity contribution in [3.05, 3.63) is 12.1 Å². The van der Waals surface area contributed by atoms with Crippen LogP contribution in [0, 0.1) is 0 Å². The fourth-order valence-electron chi connectivity index (χ4n) is 0.546. The zero-order valence-corrected chi connectivity index (χ0v) is 4.70. The van der Waals surface area contributed by atoms with E-state index in [1.807, 2.05) is 11.9 Å². The van der Waals surface area contributed by atoms with Gasteiger partial charge in [0, 0.05) is 13.3 Å². The predicted octanol–water partition coefficient (Wildman–Crippen LogP) is 0.359. The molecule has 44 valence electrons. The van der Waals surface area contributed by atoms with Crippen molar-refractivity contribution in [3.8, 4) is 0 Å². The summed E-state index contributed by atoms with van der Waals surface area (Å²) in [4.78, 5) is 5.48. The van der Waals surface area contributed by atoms with Gasteiger partial charge in [0.05, 0.1) is 12.7 Å². The van der Waals surface area contributed by atoms with Crippen LogP contribution in [0.5, 0.6) is 0 Å². The molecule has 1 heterocycles. The summed E-state index contributed by atoms with van der Waals surface area (Å²) in [7, 11) is 1.88. The summed E-state index contributed by atoms with van der Waals surface area (Å²) in [5, 5.41) is 8.70.